The highest BCUT2D eigenvalue weighted by Gasteiger charge is 2.27. The van der Waals surface area contributed by atoms with E-state index in [1.54, 1.807) is 0 Å². The number of rotatable bonds is 4. The van der Waals surface area contributed by atoms with E-state index in [4.69, 9.17) is 0 Å². The zero-order valence-corrected chi connectivity index (χ0v) is 7.42. The number of esters is 1. The fraction of sp³-hybridized carbons (Fsp3) is 0.500. The normalized spacial score (nSPS) is 14.6. The van der Waals surface area contributed by atoms with Crippen molar-refractivity contribution in [1.29, 1.82) is 0 Å². The minimum absolute atomic E-state index is 0.222. The average Bonchev–Trinajstić information content (AvgIpc) is 2.04. The largest absolute Gasteiger partial charge is 0.423 e. The molecule has 4 nitrogen and oxygen atoms in total. The first-order valence-corrected chi connectivity index (χ1v) is 3.35. The zero-order chi connectivity index (χ0) is 9.78. The quantitative estimate of drug-likeness (QED) is 0.270. The number of methoxy groups -OCH3 is 1. The Morgan fingerprint density at radius 2 is 2.08 bits per heavy atom. The molecular formula is C8H12O4. The Morgan fingerprint density at radius 1 is 1.58 bits per heavy atom. The van der Waals surface area contributed by atoms with E-state index in [9.17, 15) is 9.59 Å². The number of carbonyl (C=O) groups is 2. The van der Waals surface area contributed by atoms with Crippen LogP contribution in [0.25, 0.3) is 0 Å². The Morgan fingerprint density at radius 3 is 2.33 bits per heavy atom. The second-order valence-electron chi connectivity index (χ2n) is 2.51. The van der Waals surface area contributed by atoms with Gasteiger partial charge in [-0.05, 0) is 6.92 Å². The van der Waals surface area contributed by atoms with Gasteiger partial charge in [0.25, 0.3) is 5.79 Å². The lowest BCUT2D eigenvalue weighted by Crippen LogP contribution is -2.35. The molecule has 0 rings (SSSR count). The summed E-state index contributed by atoms with van der Waals surface area (Å²) in [6.45, 7) is 6.20. The Hall–Kier alpha value is -1.16. The van der Waals surface area contributed by atoms with Crippen LogP contribution in [0.4, 0.5) is 0 Å². The van der Waals surface area contributed by atoms with Crippen molar-refractivity contribution >= 4 is 12.3 Å². The Kier molecular flexibility index (Phi) is 3.63. The molecule has 0 aliphatic carbocycles. The molecule has 12 heavy (non-hydrogen) atoms. The van der Waals surface area contributed by atoms with Crippen molar-refractivity contribution in [2.24, 2.45) is 0 Å². The van der Waals surface area contributed by atoms with E-state index in [0.717, 1.165) is 0 Å². The monoisotopic (exact) mass is 172 g/mol. The van der Waals surface area contributed by atoms with Crippen molar-refractivity contribution < 1.29 is 19.1 Å². The molecule has 0 fully saturated rings. The molecule has 0 heterocycles. The second-order valence-corrected chi connectivity index (χ2v) is 2.51. The van der Waals surface area contributed by atoms with Gasteiger partial charge in [0.1, 0.15) is 0 Å². The Labute approximate surface area is 71.2 Å². The van der Waals surface area contributed by atoms with Crippen LogP contribution in [0.2, 0.25) is 0 Å². The third-order valence-electron chi connectivity index (χ3n) is 1.26. The van der Waals surface area contributed by atoms with Gasteiger partial charge in [-0.25, -0.2) is 4.79 Å². The van der Waals surface area contributed by atoms with Crippen LogP contribution >= 0.6 is 0 Å². The SMILES string of the molecule is C=C(C)C(=O)OC(C)(C=O)OC. The van der Waals surface area contributed by atoms with Crippen LogP contribution in [0, 0.1) is 0 Å². The molecule has 0 spiro atoms. The lowest BCUT2D eigenvalue weighted by atomic mass is 10.3. The maximum atomic E-state index is 10.9. The molecule has 0 aromatic rings. The standard InChI is InChI=1S/C8H12O4/c1-6(2)7(10)12-8(3,5-9)11-4/h5H,1H2,2-4H3. The van der Waals surface area contributed by atoms with E-state index < -0.39 is 11.8 Å². The summed E-state index contributed by atoms with van der Waals surface area (Å²) in [5.74, 6) is -2.15. The van der Waals surface area contributed by atoms with Crippen LogP contribution in [0.3, 0.4) is 0 Å². The summed E-state index contributed by atoms with van der Waals surface area (Å²) in [6, 6.07) is 0. The summed E-state index contributed by atoms with van der Waals surface area (Å²) in [5, 5.41) is 0. The molecule has 0 aliphatic heterocycles. The van der Waals surface area contributed by atoms with Crippen LogP contribution in [0.5, 0.6) is 0 Å². The van der Waals surface area contributed by atoms with E-state index in [1.807, 2.05) is 0 Å². The van der Waals surface area contributed by atoms with Crippen molar-refractivity contribution in [2.45, 2.75) is 19.6 Å². The lowest BCUT2D eigenvalue weighted by molar-refractivity contribution is -0.202. The lowest BCUT2D eigenvalue weighted by Gasteiger charge is -2.21. The molecular weight excluding hydrogens is 160 g/mol. The Bertz CT molecular complexity index is 209. The molecule has 0 aromatic carbocycles. The maximum Gasteiger partial charge on any atom is 0.335 e. The van der Waals surface area contributed by atoms with Gasteiger partial charge in [0.2, 0.25) is 0 Å². The second kappa shape index (κ2) is 4.01. The highest BCUT2D eigenvalue weighted by atomic mass is 16.7. The minimum Gasteiger partial charge on any atom is -0.423 e. The number of hydrogen-bond donors (Lipinski definition) is 0. The molecule has 4 heteroatoms. The Balaban J connectivity index is 4.31. The number of carbonyl (C=O) groups excluding carboxylic acids is 2. The molecule has 1 unspecified atom stereocenters. The molecule has 0 bridgehead atoms. The zero-order valence-electron chi connectivity index (χ0n) is 7.42. The van der Waals surface area contributed by atoms with E-state index in [0.29, 0.717) is 6.29 Å². The van der Waals surface area contributed by atoms with Crippen molar-refractivity contribution in [3.05, 3.63) is 12.2 Å². The summed E-state index contributed by atoms with van der Waals surface area (Å²) in [4.78, 5) is 21.3. The van der Waals surface area contributed by atoms with Crippen LogP contribution < -0.4 is 0 Å². The number of hydrogen-bond acceptors (Lipinski definition) is 4. The third kappa shape index (κ3) is 2.84. The van der Waals surface area contributed by atoms with Gasteiger partial charge in [-0.2, -0.15) is 0 Å². The van der Waals surface area contributed by atoms with Crippen molar-refractivity contribution in [2.75, 3.05) is 7.11 Å². The molecule has 0 saturated heterocycles. The van der Waals surface area contributed by atoms with Gasteiger partial charge in [0.05, 0.1) is 0 Å². The van der Waals surface area contributed by atoms with Gasteiger partial charge in [-0.15, -0.1) is 0 Å². The molecule has 0 radical (unpaired) electrons. The van der Waals surface area contributed by atoms with E-state index in [2.05, 4.69) is 16.1 Å². The minimum atomic E-state index is -1.50. The number of aldehydes is 1. The van der Waals surface area contributed by atoms with Gasteiger partial charge < -0.3 is 9.47 Å². The predicted molar refractivity (Wildman–Crippen MR) is 42.4 cm³/mol. The van der Waals surface area contributed by atoms with Crippen molar-refractivity contribution in [1.82, 2.24) is 0 Å². The predicted octanol–water partition coefficient (Wildman–Crippen LogP) is 0.667. The fourth-order valence-electron chi connectivity index (χ4n) is 0.385. The molecule has 68 valence electrons. The average molecular weight is 172 g/mol. The van der Waals surface area contributed by atoms with E-state index in [-0.39, 0.29) is 5.57 Å². The first-order valence-electron chi connectivity index (χ1n) is 3.35. The molecule has 0 saturated carbocycles. The highest BCUT2D eigenvalue weighted by Crippen LogP contribution is 2.09. The molecule has 0 aromatic heterocycles. The van der Waals surface area contributed by atoms with Crippen LogP contribution in [-0.2, 0) is 19.1 Å². The van der Waals surface area contributed by atoms with Crippen LogP contribution in [-0.4, -0.2) is 25.2 Å². The molecule has 0 amide bonds. The topological polar surface area (TPSA) is 52.6 Å². The maximum absolute atomic E-state index is 10.9. The summed E-state index contributed by atoms with van der Waals surface area (Å²) in [5.41, 5.74) is 0.222. The summed E-state index contributed by atoms with van der Waals surface area (Å²) >= 11 is 0. The summed E-state index contributed by atoms with van der Waals surface area (Å²) in [7, 11) is 1.28. The van der Waals surface area contributed by atoms with Crippen LogP contribution in [0.1, 0.15) is 13.8 Å². The van der Waals surface area contributed by atoms with Crippen LogP contribution in [0.15, 0.2) is 12.2 Å². The van der Waals surface area contributed by atoms with Gasteiger partial charge >= 0.3 is 5.97 Å². The van der Waals surface area contributed by atoms with Gasteiger partial charge in [0.15, 0.2) is 6.29 Å². The van der Waals surface area contributed by atoms with Gasteiger partial charge in [-0.1, -0.05) is 6.58 Å². The van der Waals surface area contributed by atoms with Crippen molar-refractivity contribution in [3.8, 4) is 0 Å². The molecule has 0 N–H and O–H groups in total. The first-order chi connectivity index (χ1) is 5.45. The smallest absolute Gasteiger partial charge is 0.335 e. The molecule has 1 atom stereocenters. The number of ether oxygens (including phenoxy) is 2. The first kappa shape index (κ1) is 10.8. The van der Waals surface area contributed by atoms with E-state index >= 15 is 0 Å². The van der Waals surface area contributed by atoms with Gasteiger partial charge in [-0.3, -0.25) is 4.79 Å². The van der Waals surface area contributed by atoms with E-state index in [1.165, 1.54) is 21.0 Å². The third-order valence-corrected chi connectivity index (χ3v) is 1.26. The highest BCUT2D eigenvalue weighted by molar-refractivity contribution is 5.88. The summed E-state index contributed by atoms with van der Waals surface area (Å²) < 4.78 is 9.32. The fourth-order valence-corrected chi connectivity index (χ4v) is 0.385. The molecule has 0 aliphatic rings. The summed E-state index contributed by atoms with van der Waals surface area (Å²) in [6.07, 6.45) is 0.411. The van der Waals surface area contributed by atoms with Crippen molar-refractivity contribution in [3.63, 3.8) is 0 Å². The van der Waals surface area contributed by atoms with Gasteiger partial charge in [0, 0.05) is 19.6 Å².